The van der Waals surface area contributed by atoms with E-state index < -0.39 is 0 Å². The molecule has 1 unspecified atom stereocenters. The minimum atomic E-state index is 0.0221. The summed E-state index contributed by atoms with van der Waals surface area (Å²) in [6.07, 6.45) is 2.40. The number of hydrogen-bond acceptors (Lipinski definition) is 4. The van der Waals surface area contributed by atoms with Gasteiger partial charge in [-0.25, -0.2) is 4.99 Å². The van der Waals surface area contributed by atoms with E-state index in [1.54, 1.807) is 0 Å². The molecule has 0 bridgehead atoms. The minimum absolute atomic E-state index is 0.0221. The lowest BCUT2D eigenvalue weighted by Crippen LogP contribution is -2.43. The molecule has 0 saturated heterocycles. The van der Waals surface area contributed by atoms with Gasteiger partial charge in [0.1, 0.15) is 5.84 Å². The van der Waals surface area contributed by atoms with Gasteiger partial charge in [-0.3, -0.25) is 0 Å². The Balaban J connectivity index is 1.97. The van der Waals surface area contributed by atoms with Crippen LogP contribution in [0.1, 0.15) is 24.0 Å². The van der Waals surface area contributed by atoms with E-state index in [1.807, 2.05) is 18.2 Å². The third-order valence-corrected chi connectivity index (χ3v) is 3.40. The van der Waals surface area contributed by atoms with E-state index in [0.717, 1.165) is 17.1 Å². The number of benzene rings is 1. The quantitative estimate of drug-likeness (QED) is 0.801. The van der Waals surface area contributed by atoms with Crippen LogP contribution in [-0.4, -0.2) is 11.9 Å². The van der Waals surface area contributed by atoms with Crippen LogP contribution >= 0.6 is 0 Å². The van der Waals surface area contributed by atoms with E-state index in [-0.39, 0.29) is 6.04 Å². The van der Waals surface area contributed by atoms with Gasteiger partial charge < -0.3 is 11.1 Å². The highest BCUT2D eigenvalue weighted by atomic mass is 15.1. The summed E-state index contributed by atoms with van der Waals surface area (Å²) in [6.45, 7) is 0.651. The van der Waals surface area contributed by atoms with Crippen LogP contribution in [0.2, 0.25) is 0 Å². The Bertz CT molecular complexity index is 523. The topological polar surface area (TPSA) is 74.2 Å². The van der Waals surface area contributed by atoms with Crippen LogP contribution < -0.4 is 11.1 Å². The molecule has 1 heterocycles. The average molecular weight is 226 g/mol. The molecule has 4 nitrogen and oxygen atoms in total. The molecule has 3 N–H and O–H groups in total. The highest BCUT2D eigenvalue weighted by Gasteiger charge is 2.33. The lowest BCUT2D eigenvalue weighted by molar-refractivity contribution is 0.701. The second-order valence-electron chi connectivity index (χ2n) is 4.63. The number of rotatable bonds is 2. The Kier molecular flexibility index (Phi) is 2.34. The molecule has 1 aliphatic carbocycles. The molecule has 86 valence electrons. The molecule has 0 aromatic heterocycles. The first kappa shape index (κ1) is 10.3. The fraction of sp³-hybridized carbons (Fsp3) is 0.385. The Hall–Kier alpha value is -1.86. The van der Waals surface area contributed by atoms with Crippen LogP contribution in [0.3, 0.4) is 0 Å². The van der Waals surface area contributed by atoms with Crippen molar-refractivity contribution < 1.29 is 0 Å². The lowest BCUT2D eigenvalue weighted by atomic mass is 10.0. The van der Waals surface area contributed by atoms with Crippen molar-refractivity contribution in [3.05, 3.63) is 29.3 Å². The maximum Gasteiger partial charge on any atom is 0.120 e. The first-order valence-corrected chi connectivity index (χ1v) is 5.89. The maximum absolute atomic E-state index is 9.02. The summed E-state index contributed by atoms with van der Waals surface area (Å²) in [5.41, 5.74) is 8.67. The zero-order valence-electron chi connectivity index (χ0n) is 9.48. The number of aliphatic imine (C=N–C) groups is 1. The standard InChI is InChI=1S/C13H14N4/c14-6-9-2-1-3-11-10(9)7-16-13(17-11)12(15)8-4-5-8/h1-3,8,12H,4-5,7,15H2,(H,16,17). The molecule has 0 amide bonds. The van der Waals surface area contributed by atoms with Gasteiger partial charge in [-0.15, -0.1) is 0 Å². The van der Waals surface area contributed by atoms with E-state index in [2.05, 4.69) is 16.4 Å². The van der Waals surface area contributed by atoms with Crippen LogP contribution in [0, 0.1) is 17.2 Å². The van der Waals surface area contributed by atoms with E-state index in [9.17, 15) is 0 Å². The molecule has 2 aliphatic rings. The summed E-state index contributed by atoms with van der Waals surface area (Å²) in [6, 6.07) is 7.85. The molecular formula is C13H14N4. The lowest BCUT2D eigenvalue weighted by Gasteiger charge is -2.22. The number of nitrogens with two attached hydrogens (primary N) is 1. The number of nitrogens with zero attached hydrogens (tertiary/aromatic N) is 2. The van der Waals surface area contributed by atoms with Crippen molar-refractivity contribution in [2.75, 3.05) is 0 Å². The van der Waals surface area contributed by atoms with Crippen LogP contribution in [0.25, 0.3) is 0 Å². The summed E-state index contributed by atoms with van der Waals surface area (Å²) >= 11 is 0. The largest absolute Gasteiger partial charge is 0.368 e. The predicted molar refractivity (Wildman–Crippen MR) is 65.8 cm³/mol. The van der Waals surface area contributed by atoms with Gasteiger partial charge >= 0.3 is 0 Å². The maximum atomic E-state index is 9.02. The number of nitrogens with one attached hydrogen (secondary N) is 1. The van der Waals surface area contributed by atoms with Crippen LogP contribution in [0.4, 0.5) is 5.69 Å². The number of nitriles is 1. The highest BCUT2D eigenvalue weighted by Crippen LogP contribution is 2.33. The molecule has 1 saturated carbocycles. The summed E-state index contributed by atoms with van der Waals surface area (Å²) in [5.74, 6) is 1.46. The van der Waals surface area contributed by atoms with Gasteiger partial charge in [0.25, 0.3) is 0 Å². The SMILES string of the molecule is N#Cc1cccc2c1CNC(C(N)C1CC1)=N2. The average Bonchev–Trinajstić information content (AvgIpc) is 3.20. The van der Waals surface area contributed by atoms with Crippen molar-refractivity contribution >= 4 is 11.5 Å². The third kappa shape index (κ3) is 1.79. The Morgan fingerprint density at radius 2 is 2.29 bits per heavy atom. The number of amidine groups is 1. The van der Waals surface area contributed by atoms with Crippen LogP contribution in [-0.2, 0) is 6.54 Å². The Morgan fingerprint density at radius 1 is 1.47 bits per heavy atom. The summed E-state index contributed by atoms with van der Waals surface area (Å²) in [5, 5.41) is 12.3. The minimum Gasteiger partial charge on any atom is -0.368 e. The molecule has 3 rings (SSSR count). The van der Waals surface area contributed by atoms with Crippen molar-refractivity contribution in [1.29, 1.82) is 5.26 Å². The van der Waals surface area contributed by atoms with Crippen molar-refractivity contribution in [2.45, 2.75) is 25.4 Å². The summed E-state index contributed by atoms with van der Waals surface area (Å²) in [7, 11) is 0. The van der Waals surface area contributed by atoms with Gasteiger partial charge in [0.05, 0.1) is 23.4 Å². The molecule has 17 heavy (non-hydrogen) atoms. The van der Waals surface area contributed by atoms with Crippen LogP contribution in [0.15, 0.2) is 23.2 Å². The molecule has 0 spiro atoms. The predicted octanol–water partition coefficient (Wildman–Crippen LogP) is 1.43. The molecule has 1 aliphatic heterocycles. The van der Waals surface area contributed by atoms with Crippen molar-refractivity contribution in [3.63, 3.8) is 0 Å². The number of fused-ring (bicyclic) bond motifs is 1. The van der Waals surface area contributed by atoms with Gasteiger partial charge in [0.2, 0.25) is 0 Å². The first-order valence-electron chi connectivity index (χ1n) is 5.89. The van der Waals surface area contributed by atoms with E-state index in [0.29, 0.717) is 18.0 Å². The van der Waals surface area contributed by atoms with E-state index in [4.69, 9.17) is 11.0 Å². The molecule has 1 fully saturated rings. The van der Waals surface area contributed by atoms with Crippen molar-refractivity contribution in [1.82, 2.24) is 5.32 Å². The van der Waals surface area contributed by atoms with Gasteiger partial charge in [0, 0.05) is 12.1 Å². The van der Waals surface area contributed by atoms with Crippen LogP contribution in [0.5, 0.6) is 0 Å². The molecular weight excluding hydrogens is 212 g/mol. The number of hydrogen-bond donors (Lipinski definition) is 2. The monoisotopic (exact) mass is 226 g/mol. The molecule has 0 radical (unpaired) electrons. The normalized spacial score (nSPS) is 19.6. The molecule has 1 aromatic rings. The van der Waals surface area contributed by atoms with Gasteiger partial charge in [0.15, 0.2) is 0 Å². The summed E-state index contributed by atoms with van der Waals surface area (Å²) < 4.78 is 0. The third-order valence-electron chi connectivity index (χ3n) is 3.40. The molecule has 4 heteroatoms. The zero-order valence-corrected chi connectivity index (χ0v) is 9.48. The van der Waals surface area contributed by atoms with Crippen molar-refractivity contribution in [2.24, 2.45) is 16.6 Å². The van der Waals surface area contributed by atoms with Gasteiger partial charge in [-0.1, -0.05) is 6.07 Å². The second kappa shape index (κ2) is 3.86. The van der Waals surface area contributed by atoms with Gasteiger partial charge in [-0.2, -0.15) is 5.26 Å². The fourth-order valence-electron chi connectivity index (χ4n) is 2.19. The van der Waals surface area contributed by atoms with Gasteiger partial charge in [-0.05, 0) is 30.9 Å². The second-order valence-corrected chi connectivity index (χ2v) is 4.63. The highest BCUT2D eigenvalue weighted by molar-refractivity contribution is 5.92. The van der Waals surface area contributed by atoms with E-state index in [1.165, 1.54) is 12.8 Å². The Morgan fingerprint density at radius 3 is 3.00 bits per heavy atom. The molecule has 1 aromatic carbocycles. The fourth-order valence-corrected chi connectivity index (χ4v) is 2.19. The summed E-state index contributed by atoms with van der Waals surface area (Å²) in [4.78, 5) is 4.54. The molecule has 1 atom stereocenters. The van der Waals surface area contributed by atoms with E-state index >= 15 is 0 Å². The first-order chi connectivity index (χ1) is 8.29. The smallest absolute Gasteiger partial charge is 0.120 e. The van der Waals surface area contributed by atoms with Crippen molar-refractivity contribution in [3.8, 4) is 6.07 Å². The zero-order chi connectivity index (χ0) is 11.8. The Labute approximate surface area is 100 Å².